The lowest BCUT2D eigenvalue weighted by Gasteiger charge is -2.13. The third-order valence-corrected chi connectivity index (χ3v) is 2.72. The second-order valence-electron chi connectivity index (χ2n) is 3.22. The number of halogens is 1. The lowest BCUT2D eigenvalue weighted by molar-refractivity contribution is 0.182. The highest BCUT2D eigenvalue weighted by atomic mass is 79.9. The van der Waals surface area contributed by atoms with Crippen LogP contribution < -0.4 is 5.73 Å². The van der Waals surface area contributed by atoms with Crippen LogP contribution in [0.5, 0.6) is 0 Å². The Kier molecular flexibility index (Phi) is 5.01. The molecule has 2 N–H and O–H groups in total. The van der Waals surface area contributed by atoms with Crippen LogP contribution in [0, 0.1) is 0 Å². The molecule has 1 rings (SSSR count). The summed E-state index contributed by atoms with van der Waals surface area (Å²) in [5.74, 6) is 0. The molecule has 0 amide bonds. The fourth-order valence-corrected chi connectivity index (χ4v) is 1.98. The zero-order chi connectivity index (χ0) is 11.3. The Hall–Kier alpha value is -0.650. The van der Waals surface area contributed by atoms with Crippen LogP contribution in [0.4, 0.5) is 0 Å². The molecule has 0 fully saturated rings. The van der Waals surface area contributed by atoms with Crippen molar-refractivity contribution < 1.29 is 4.74 Å². The average Bonchev–Trinajstić information content (AvgIpc) is 2.57. The van der Waals surface area contributed by atoms with E-state index in [1.165, 1.54) is 0 Å². The first-order valence-electron chi connectivity index (χ1n) is 4.77. The largest absolute Gasteiger partial charge is 0.383 e. The highest BCUT2D eigenvalue weighted by Crippen LogP contribution is 2.23. The number of hydrogen-bond acceptors (Lipinski definition) is 3. The fourth-order valence-electron chi connectivity index (χ4n) is 1.39. The molecule has 0 radical (unpaired) electrons. The van der Waals surface area contributed by atoms with Crippen molar-refractivity contribution in [3.05, 3.63) is 29.0 Å². The molecule has 0 bridgehead atoms. The van der Waals surface area contributed by atoms with Gasteiger partial charge in [-0.2, -0.15) is 5.10 Å². The highest BCUT2D eigenvalue weighted by molar-refractivity contribution is 9.10. The number of aromatic nitrogens is 2. The molecule has 1 aromatic rings. The van der Waals surface area contributed by atoms with Crippen LogP contribution in [0.3, 0.4) is 0 Å². The van der Waals surface area contributed by atoms with E-state index in [-0.39, 0.29) is 6.04 Å². The van der Waals surface area contributed by atoms with Crippen molar-refractivity contribution in [2.75, 3.05) is 13.7 Å². The van der Waals surface area contributed by atoms with Gasteiger partial charge in [0.1, 0.15) is 0 Å². The summed E-state index contributed by atoms with van der Waals surface area (Å²) in [6, 6.07) is -0.0729. The van der Waals surface area contributed by atoms with Gasteiger partial charge in [0, 0.05) is 7.11 Å². The second-order valence-corrected chi connectivity index (χ2v) is 4.08. The van der Waals surface area contributed by atoms with Gasteiger partial charge in [0.2, 0.25) is 0 Å². The van der Waals surface area contributed by atoms with Crippen molar-refractivity contribution >= 4 is 15.9 Å². The van der Waals surface area contributed by atoms with Gasteiger partial charge in [-0.1, -0.05) is 6.08 Å². The van der Waals surface area contributed by atoms with Gasteiger partial charge in [-0.3, -0.25) is 4.68 Å². The van der Waals surface area contributed by atoms with E-state index in [9.17, 15) is 0 Å². The minimum atomic E-state index is -0.0729. The normalized spacial score (nSPS) is 12.7. The van der Waals surface area contributed by atoms with Gasteiger partial charge in [0.25, 0.3) is 0 Å². The third-order valence-electron chi connectivity index (χ3n) is 2.11. The van der Waals surface area contributed by atoms with Crippen LogP contribution in [0.15, 0.2) is 23.3 Å². The smallest absolute Gasteiger partial charge is 0.0697 e. The topological polar surface area (TPSA) is 53.1 Å². The third kappa shape index (κ3) is 3.15. The molecule has 0 saturated heterocycles. The highest BCUT2D eigenvalue weighted by Gasteiger charge is 2.14. The van der Waals surface area contributed by atoms with E-state index in [2.05, 4.69) is 27.6 Å². The number of nitrogens with zero attached hydrogens (tertiary/aromatic N) is 2. The average molecular weight is 274 g/mol. The van der Waals surface area contributed by atoms with Crippen LogP contribution in [-0.4, -0.2) is 23.5 Å². The summed E-state index contributed by atoms with van der Waals surface area (Å²) in [7, 11) is 1.67. The maximum absolute atomic E-state index is 6.02. The zero-order valence-electron chi connectivity index (χ0n) is 8.82. The number of methoxy groups -OCH3 is 1. The first kappa shape index (κ1) is 12.4. The van der Waals surface area contributed by atoms with Crippen molar-refractivity contribution in [3.8, 4) is 0 Å². The standard InChI is InChI=1S/C10H16BrN3O/c1-3-4-9(12)10-8(11)7-13-14(10)5-6-15-2/h3,7,9H,1,4-6,12H2,2H3. The molecule has 1 heterocycles. The van der Waals surface area contributed by atoms with Gasteiger partial charge < -0.3 is 10.5 Å². The molecule has 1 atom stereocenters. The molecule has 0 aromatic carbocycles. The summed E-state index contributed by atoms with van der Waals surface area (Å²) < 4.78 is 7.81. The van der Waals surface area contributed by atoms with Gasteiger partial charge in [-0.05, 0) is 22.4 Å². The zero-order valence-corrected chi connectivity index (χ0v) is 10.4. The monoisotopic (exact) mass is 273 g/mol. The predicted octanol–water partition coefficient (Wildman–Crippen LogP) is 1.87. The van der Waals surface area contributed by atoms with Crippen LogP contribution in [0.25, 0.3) is 0 Å². The van der Waals surface area contributed by atoms with Crippen molar-refractivity contribution in [2.24, 2.45) is 5.73 Å². The van der Waals surface area contributed by atoms with E-state index < -0.39 is 0 Å². The Labute approximate surface area is 98.2 Å². The van der Waals surface area contributed by atoms with Crippen molar-refractivity contribution in [3.63, 3.8) is 0 Å². The fraction of sp³-hybridized carbons (Fsp3) is 0.500. The van der Waals surface area contributed by atoms with Crippen molar-refractivity contribution in [2.45, 2.75) is 19.0 Å². The Morgan fingerprint density at radius 1 is 1.80 bits per heavy atom. The van der Waals surface area contributed by atoms with Crippen LogP contribution >= 0.6 is 15.9 Å². The molecule has 1 unspecified atom stereocenters. The summed E-state index contributed by atoms with van der Waals surface area (Å²) >= 11 is 3.44. The van der Waals surface area contributed by atoms with Gasteiger partial charge in [0.15, 0.2) is 0 Å². The maximum atomic E-state index is 6.02. The molecule has 0 aliphatic heterocycles. The summed E-state index contributed by atoms with van der Waals surface area (Å²) in [5, 5.41) is 4.23. The number of nitrogens with two attached hydrogens (primary N) is 1. The number of hydrogen-bond donors (Lipinski definition) is 1. The SMILES string of the molecule is C=CCC(N)c1c(Br)cnn1CCOC. The first-order chi connectivity index (χ1) is 7.20. The first-order valence-corrected chi connectivity index (χ1v) is 5.56. The minimum Gasteiger partial charge on any atom is -0.383 e. The number of ether oxygens (including phenoxy) is 1. The molecule has 0 saturated carbocycles. The van der Waals surface area contributed by atoms with E-state index in [1.807, 2.05) is 10.8 Å². The van der Waals surface area contributed by atoms with Gasteiger partial charge >= 0.3 is 0 Å². The second kappa shape index (κ2) is 6.05. The lowest BCUT2D eigenvalue weighted by Crippen LogP contribution is -2.18. The van der Waals surface area contributed by atoms with Crippen LogP contribution in [0.1, 0.15) is 18.2 Å². The molecule has 4 nitrogen and oxygen atoms in total. The maximum Gasteiger partial charge on any atom is 0.0697 e. The van der Waals surface area contributed by atoms with Gasteiger partial charge in [0.05, 0.1) is 35.6 Å². The van der Waals surface area contributed by atoms with Crippen LogP contribution in [-0.2, 0) is 11.3 Å². The van der Waals surface area contributed by atoms with Gasteiger partial charge in [-0.25, -0.2) is 0 Å². The minimum absolute atomic E-state index is 0.0729. The summed E-state index contributed by atoms with van der Waals surface area (Å²) in [4.78, 5) is 0. The van der Waals surface area contributed by atoms with Crippen LogP contribution in [0.2, 0.25) is 0 Å². The summed E-state index contributed by atoms with van der Waals surface area (Å²) in [6.07, 6.45) is 4.30. The molecular weight excluding hydrogens is 258 g/mol. The molecular formula is C10H16BrN3O. The van der Waals surface area contributed by atoms with E-state index in [0.29, 0.717) is 13.2 Å². The summed E-state index contributed by atoms with van der Waals surface area (Å²) in [6.45, 7) is 5.02. The quantitative estimate of drug-likeness (QED) is 0.806. The predicted molar refractivity (Wildman–Crippen MR) is 63.5 cm³/mol. The van der Waals surface area contributed by atoms with E-state index in [1.54, 1.807) is 13.3 Å². The van der Waals surface area contributed by atoms with E-state index >= 15 is 0 Å². The Morgan fingerprint density at radius 2 is 2.53 bits per heavy atom. The number of rotatable bonds is 6. The molecule has 0 aliphatic rings. The van der Waals surface area contributed by atoms with E-state index in [4.69, 9.17) is 10.5 Å². The van der Waals surface area contributed by atoms with Crippen molar-refractivity contribution in [1.29, 1.82) is 0 Å². The van der Waals surface area contributed by atoms with Crippen molar-refractivity contribution in [1.82, 2.24) is 9.78 Å². The molecule has 84 valence electrons. The molecule has 15 heavy (non-hydrogen) atoms. The molecule has 5 heteroatoms. The molecule has 0 spiro atoms. The molecule has 0 aliphatic carbocycles. The molecule has 1 aromatic heterocycles. The Balaban J connectivity index is 2.82. The summed E-state index contributed by atoms with van der Waals surface area (Å²) in [5.41, 5.74) is 7.01. The lowest BCUT2D eigenvalue weighted by atomic mass is 10.1. The van der Waals surface area contributed by atoms with Gasteiger partial charge in [-0.15, -0.1) is 6.58 Å². The Bertz CT molecular complexity index is 324. The Morgan fingerprint density at radius 3 is 3.13 bits per heavy atom. The van der Waals surface area contributed by atoms with E-state index in [0.717, 1.165) is 16.6 Å².